The summed E-state index contributed by atoms with van der Waals surface area (Å²) in [5.74, 6) is 1.17. The summed E-state index contributed by atoms with van der Waals surface area (Å²) in [6.07, 6.45) is 3.06. The highest BCUT2D eigenvalue weighted by atomic mass is 79.9. The number of rotatable bonds is 4. The molecule has 0 aliphatic heterocycles. The van der Waals surface area contributed by atoms with Gasteiger partial charge in [-0.3, -0.25) is 0 Å². The molecule has 0 radical (unpaired) electrons. The maximum Gasteiger partial charge on any atom is 0.126 e. The Balaban J connectivity index is 2.28. The molecule has 0 heterocycles. The molecular weight excluding hydrogens is 268 g/mol. The molecule has 0 saturated heterocycles. The molecule has 1 N–H and O–H groups in total. The molecule has 0 spiro atoms. The van der Waals surface area contributed by atoms with Gasteiger partial charge in [-0.2, -0.15) is 0 Å². The van der Waals surface area contributed by atoms with Crippen LogP contribution in [0.25, 0.3) is 0 Å². The van der Waals surface area contributed by atoms with E-state index < -0.39 is 5.60 Å². The summed E-state index contributed by atoms with van der Waals surface area (Å²) in [6, 6.07) is 5.82. The number of halogens is 1. The lowest BCUT2D eigenvalue weighted by atomic mass is 10.0. The van der Waals surface area contributed by atoms with Crippen LogP contribution >= 0.6 is 15.9 Å². The molecule has 88 valence electrons. The Morgan fingerprint density at radius 2 is 2.31 bits per heavy atom. The zero-order valence-corrected chi connectivity index (χ0v) is 11.3. The second-order valence-corrected chi connectivity index (χ2v) is 5.37. The van der Waals surface area contributed by atoms with Crippen LogP contribution in [0.1, 0.15) is 31.7 Å². The van der Waals surface area contributed by atoms with Crippen LogP contribution in [0.4, 0.5) is 0 Å². The SMILES string of the molecule is CCCC1CC1(O)c1ccc(Br)cc1OC. The predicted octanol–water partition coefficient (Wildman–Crippen LogP) is 3.47. The number of ether oxygens (including phenoxy) is 1. The third kappa shape index (κ3) is 1.98. The minimum Gasteiger partial charge on any atom is -0.496 e. The summed E-state index contributed by atoms with van der Waals surface area (Å²) >= 11 is 3.41. The first kappa shape index (κ1) is 11.9. The van der Waals surface area contributed by atoms with E-state index in [1.54, 1.807) is 7.11 Å². The van der Waals surface area contributed by atoms with E-state index in [-0.39, 0.29) is 0 Å². The minimum absolute atomic E-state index is 0.396. The van der Waals surface area contributed by atoms with Crippen LogP contribution in [0.2, 0.25) is 0 Å². The van der Waals surface area contributed by atoms with Gasteiger partial charge in [-0.15, -0.1) is 0 Å². The average Bonchev–Trinajstić information content (AvgIpc) is 2.91. The zero-order valence-electron chi connectivity index (χ0n) is 9.66. The molecule has 1 aliphatic carbocycles. The summed E-state index contributed by atoms with van der Waals surface area (Å²) in [4.78, 5) is 0. The zero-order chi connectivity index (χ0) is 11.8. The summed E-state index contributed by atoms with van der Waals surface area (Å²) in [6.45, 7) is 2.15. The van der Waals surface area contributed by atoms with Crippen LogP contribution in [-0.2, 0) is 5.60 Å². The molecule has 0 aromatic heterocycles. The van der Waals surface area contributed by atoms with Crippen molar-refractivity contribution in [1.82, 2.24) is 0 Å². The van der Waals surface area contributed by atoms with Crippen molar-refractivity contribution in [2.24, 2.45) is 5.92 Å². The third-order valence-electron chi connectivity index (χ3n) is 3.34. The van der Waals surface area contributed by atoms with Crippen molar-refractivity contribution in [3.05, 3.63) is 28.2 Å². The Morgan fingerprint density at radius 3 is 2.94 bits per heavy atom. The van der Waals surface area contributed by atoms with Gasteiger partial charge in [0.05, 0.1) is 12.7 Å². The second kappa shape index (κ2) is 4.38. The van der Waals surface area contributed by atoms with Gasteiger partial charge in [0.2, 0.25) is 0 Å². The fraction of sp³-hybridized carbons (Fsp3) is 0.538. The first-order valence-electron chi connectivity index (χ1n) is 5.68. The number of methoxy groups -OCH3 is 1. The van der Waals surface area contributed by atoms with Crippen LogP contribution in [-0.4, -0.2) is 12.2 Å². The highest BCUT2D eigenvalue weighted by molar-refractivity contribution is 9.10. The van der Waals surface area contributed by atoms with Gasteiger partial charge in [0.15, 0.2) is 0 Å². The maximum atomic E-state index is 10.5. The molecule has 1 aromatic rings. The number of aliphatic hydroxyl groups is 1. The minimum atomic E-state index is -0.651. The van der Waals surface area contributed by atoms with Crippen LogP contribution in [0.5, 0.6) is 5.75 Å². The van der Waals surface area contributed by atoms with Crippen molar-refractivity contribution >= 4 is 15.9 Å². The molecule has 1 saturated carbocycles. The Hall–Kier alpha value is -0.540. The molecule has 1 fully saturated rings. The molecule has 16 heavy (non-hydrogen) atoms. The van der Waals surface area contributed by atoms with Crippen LogP contribution in [0.15, 0.2) is 22.7 Å². The number of hydrogen-bond acceptors (Lipinski definition) is 2. The normalized spacial score (nSPS) is 27.9. The van der Waals surface area contributed by atoms with Gasteiger partial charge in [-0.05, 0) is 30.9 Å². The van der Waals surface area contributed by atoms with Gasteiger partial charge >= 0.3 is 0 Å². The Kier molecular flexibility index (Phi) is 3.27. The van der Waals surface area contributed by atoms with Crippen LogP contribution in [0.3, 0.4) is 0 Å². The molecule has 2 atom stereocenters. The number of benzene rings is 1. The monoisotopic (exact) mass is 284 g/mol. The summed E-state index contributed by atoms with van der Waals surface area (Å²) < 4.78 is 6.31. The molecule has 2 nitrogen and oxygen atoms in total. The van der Waals surface area contributed by atoms with Crippen LogP contribution < -0.4 is 4.74 Å². The fourth-order valence-corrected chi connectivity index (χ4v) is 2.70. The lowest BCUT2D eigenvalue weighted by Gasteiger charge is -2.15. The van der Waals surface area contributed by atoms with E-state index >= 15 is 0 Å². The summed E-state index contributed by atoms with van der Waals surface area (Å²) in [7, 11) is 1.64. The van der Waals surface area contributed by atoms with E-state index in [1.807, 2.05) is 18.2 Å². The van der Waals surface area contributed by atoms with Gasteiger partial charge in [-0.1, -0.05) is 35.3 Å². The van der Waals surface area contributed by atoms with Gasteiger partial charge in [0.25, 0.3) is 0 Å². The quantitative estimate of drug-likeness (QED) is 0.918. The van der Waals surface area contributed by atoms with Gasteiger partial charge in [0.1, 0.15) is 5.75 Å². The molecule has 1 aromatic carbocycles. The van der Waals surface area contributed by atoms with Crippen molar-refractivity contribution in [3.8, 4) is 5.75 Å². The standard InChI is InChI=1S/C13H17BrO2/c1-3-4-9-8-13(9,15)11-6-5-10(14)7-12(11)16-2/h5-7,9,15H,3-4,8H2,1-2H3. The highest BCUT2D eigenvalue weighted by Gasteiger charge is 2.54. The second-order valence-electron chi connectivity index (χ2n) is 4.46. The Bertz CT molecular complexity index is 392. The Labute approximate surface area is 105 Å². The van der Waals surface area contributed by atoms with E-state index in [4.69, 9.17) is 4.74 Å². The molecule has 1 aliphatic rings. The van der Waals surface area contributed by atoms with Gasteiger partial charge in [-0.25, -0.2) is 0 Å². The molecule has 2 unspecified atom stereocenters. The Morgan fingerprint density at radius 1 is 1.56 bits per heavy atom. The van der Waals surface area contributed by atoms with E-state index in [1.165, 1.54) is 0 Å². The van der Waals surface area contributed by atoms with Crippen molar-refractivity contribution in [2.45, 2.75) is 31.8 Å². The fourth-order valence-electron chi connectivity index (χ4n) is 2.36. The van der Waals surface area contributed by atoms with Gasteiger partial charge < -0.3 is 9.84 Å². The molecular formula is C13H17BrO2. The van der Waals surface area contributed by atoms with Gasteiger partial charge in [0, 0.05) is 10.0 Å². The smallest absolute Gasteiger partial charge is 0.126 e. The molecule has 0 amide bonds. The van der Waals surface area contributed by atoms with Crippen molar-refractivity contribution in [1.29, 1.82) is 0 Å². The van der Waals surface area contributed by atoms with E-state index in [0.29, 0.717) is 5.92 Å². The van der Waals surface area contributed by atoms with Crippen molar-refractivity contribution in [2.75, 3.05) is 7.11 Å². The lowest BCUT2D eigenvalue weighted by Crippen LogP contribution is -2.10. The molecule has 2 rings (SSSR count). The van der Waals surface area contributed by atoms with Crippen molar-refractivity contribution < 1.29 is 9.84 Å². The van der Waals surface area contributed by atoms with E-state index in [0.717, 1.165) is 35.0 Å². The molecule has 0 bridgehead atoms. The van der Waals surface area contributed by atoms with E-state index in [9.17, 15) is 5.11 Å². The summed E-state index contributed by atoms with van der Waals surface area (Å²) in [5, 5.41) is 10.5. The average molecular weight is 285 g/mol. The maximum absolute atomic E-state index is 10.5. The predicted molar refractivity (Wildman–Crippen MR) is 67.6 cm³/mol. The first-order chi connectivity index (χ1) is 7.61. The number of hydrogen-bond donors (Lipinski definition) is 1. The van der Waals surface area contributed by atoms with Crippen LogP contribution in [0, 0.1) is 5.92 Å². The third-order valence-corrected chi connectivity index (χ3v) is 3.83. The largest absolute Gasteiger partial charge is 0.496 e. The van der Waals surface area contributed by atoms with Crippen molar-refractivity contribution in [3.63, 3.8) is 0 Å². The first-order valence-corrected chi connectivity index (χ1v) is 6.47. The lowest BCUT2D eigenvalue weighted by molar-refractivity contribution is 0.125. The topological polar surface area (TPSA) is 29.5 Å². The summed E-state index contributed by atoms with van der Waals surface area (Å²) in [5.41, 5.74) is 0.277. The highest BCUT2D eigenvalue weighted by Crippen LogP contribution is 2.56. The molecule has 3 heteroatoms. The van der Waals surface area contributed by atoms with E-state index in [2.05, 4.69) is 22.9 Å².